The number of urea groups is 1. The number of likely N-dealkylation sites (tertiary alicyclic amines) is 1. The quantitative estimate of drug-likeness (QED) is 0.0635. The van der Waals surface area contributed by atoms with E-state index in [-0.39, 0.29) is 45.2 Å². The van der Waals surface area contributed by atoms with Gasteiger partial charge in [0.25, 0.3) is 0 Å². The Bertz CT molecular complexity index is 2040. The Morgan fingerprint density at radius 1 is 0.862 bits per heavy atom. The highest BCUT2D eigenvalue weighted by Gasteiger charge is 2.38. The van der Waals surface area contributed by atoms with Gasteiger partial charge in [0.2, 0.25) is 29.5 Å². The third-order valence-corrected chi connectivity index (χ3v) is 10.6. The molecule has 1 saturated heterocycles. The molecular weight excluding hydrogens is 766 g/mol. The third kappa shape index (κ3) is 11.8. The summed E-state index contributed by atoms with van der Waals surface area (Å²) in [4.78, 5) is 93.5. The average molecular weight is 816 g/mol. The zero-order valence-corrected chi connectivity index (χ0v) is 33.1. The smallest absolute Gasteiger partial charge is 0.312 e. The molecule has 3 aromatic rings. The van der Waals surface area contributed by atoms with Gasteiger partial charge in [0.05, 0.1) is 7.11 Å². The van der Waals surface area contributed by atoms with Crippen molar-refractivity contribution in [2.45, 2.75) is 82.0 Å². The van der Waals surface area contributed by atoms with Gasteiger partial charge in [-0.1, -0.05) is 60.7 Å². The zero-order chi connectivity index (χ0) is 41.6. The second-order valence-corrected chi connectivity index (χ2v) is 14.6. The Morgan fingerprint density at radius 2 is 1.62 bits per heavy atom. The van der Waals surface area contributed by atoms with Gasteiger partial charge in [0.1, 0.15) is 30.0 Å². The number of anilines is 1. The standard InChI is InChI=1S/C42H50ClN7O8/c1-58-37(52)20-19-33(47-36(51)25-43)41(56)50-22-7-6-14-35(50)40(55)49-34(24-29-16-15-27-10-4-5-12-31(27)29)39(54)48-32(13-8-21-45-42(44)57)38(53)46-30-18-17-26-9-2-3-11-28(26)23-30/h2-5,9-12,16-18,23,32-35H,6-8,13-15,19-22,24-25H2,1H3,(H,46,53)(H,47,51)(H,48,54)(H,49,55)(H3,44,45,57)/t32-,33-,34-,35-/m0/s1. The summed E-state index contributed by atoms with van der Waals surface area (Å²) in [7, 11) is 1.22. The maximum Gasteiger partial charge on any atom is 0.312 e. The predicted molar refractivity (Wildman–Crippen MR) is 219 cm³/mol. The summed E-state index contributed by atoms with van der Waals surface area (Å²) < 4.78 is 4.73. The van der Waals surface area contributed by atoms with Crippen LogP contribution in [0.1, 0.15) is 62.5 Å². The Labute approximate surface area is 341 Å². The molecule has 58 heavy (non-hydrogen) atoms. The highest BCUT2D eigenvalue weighted by atomic mass is 35.5. The lowest BCUT2D eigenvalue weighted by molar-refractivity contribution is -0.146. The molecule has 1 fully saturated rings. The van der Waals surface area contributed by atoms with Gasteiger partial charge in [-0.05, 0) is 84.6 Å². The van der Waals surface area contributed by atoms with Crippen LogP contribution in [0.25, 0.3) is 16.3 Å². The summed E-state index contributed by atoms with van der Waals surface area (Å²) in [5.74, 6) is -3.88. The summed E-state index contributed by atoms with van der Waals surface area (Å²) in [6.45, 7) is 0.362. The van der Waals surface area contributed by atoms with Crippen LogP contribution in [-0.2, 0) is 39.9 Å². The van der Waals surface area contributed by atoms with Gasteiger partial charge in [-0.2, -0.15) is 0 Å². The fourth-order valence-electron chi connectivity index (χ4n) is 7.32. The Kier molecular flexibility index (Phi) is 15.6. The van der Waals surface area contributed by atoms with E-state index in [1.807, 2.05) is 66.7 Å². The minimum absolute atomic E-state index is 0.0742. The maximum atomic E-state index is 14.4. The number of primary amides is 1. The van der Waals surface area contributed by atoms with Crippen molar-refractivity contribution < 1.29 is 38.3 Å². The van der Waals surface area contributed by atoms with Crippen molar-refractivity contribution in [1.29, 1.82) is 0 Å². The van der Waals surface area contributed by atoms with Crippen LogP contribution in [-0.4, -0.2) is 96.7 Å². The number of methoxy groups -OCH3 is 1. The maximum absolute atomic E-state index is 14.4. The number of nitrogens with zero attached hydrogens (tertiary/aromatic N) is 1. The molecule has 16 heteroatoms. The molecule has 2 aliphatic rings. The van der Waals surface area contributed by atoms with Crippen LogP contribution in [0.2, 0.25) is 0 Å². The summed E-state index contributed by atoms with van der Waals surface area (Å²) in [5, 5.41) is 15.6. The molecule has 1 aliphatic heterocycles. The normalized spacial score (nSPS) is 16.1. The molecule has 0 spiro atoms. The van der Waals surface area contributed by atoms with Crippen LogP contribution in [0.3, 0.4) is 0 Å². The molecule has 3 aromatic carbocycles. The van der Waals surface area contributed by atoms with Crippen LogP contribution in [0.15, 0.2) is 72.8 Å². The Hall–Kier alpha value is -5.96. The van der Waals surface area contributed by atoms with Crippen molar-refractivity contribution in [1.82, 2.24) is 26.2 Å². The highest BCUT2D eigenvalue weighted by molar-refractivity contribution is 6.27. The van der Waals surface area contributed by atoms with Crippen LogP contribution >= 0.6 is 11.6 Å². The van der Waals surface area contributed by atoms with Crippen molar-refractivity contribution in [3.8, 4) is 0 Å². The highest BCUT2D eigenvalue weighted by Crippen LogP contribution is 2.31. The van der Waals surface area contributed by atoms with Gasteiger partial charge in [0.15, 0.2) is 0 Å². The number of esters is 1. The third-order valence-electron chi connectivity index (χ3n) is 10.3. The van der Waals surface area contributed by atoms with Gasteiger partial charge in [-0.3, -0.25) is 28.8 Å². The molecule has 4 atom stereocenters. The summed E-state index contributed by atoms with van der Waals surface area (Å²) in [5.41, 5.74) is 8.61. The van der Waals surface area contributed by atoms with E-state index in [2.05, 4.69) is 26.6 Å². The van der Waals surface area contributed by atoms with E-state index < -0.39 is 71.6 Å². The lowest BCUT2D eigenvalue weighted by Gasteiger charge is -2.37. The number of piperidine rings is 1. The molecule has 1 heterocycles. The number of hydrogen-bond donors (Lipinski definition) is 6. The largest absolute Gasteiger partial charge is 0.469 e. The number of fused-ring (bicyclic) bond motifs is 2. The lowest BCUT2D eigenvalue weighted by Crippen LogP contribution is -2.60. The Morgan fingerprint density at radius 3 is 2.38 bits per heavy atom. The summed E-state index contributed by atoms with van der Waals surface area (Å²) in [6, 6.07) is 15.8. The predicted octanol–water partition coefficient (Wildman–Crippen LogP) is 3.28. The fourth-order valence-corrected chi connectivity index (χ4v) is 7.40. The molecule has 308 valence electrons. The van der Waals surface area contributed by atoms with E-state index in [9.17, 15) is 33.6 Å². The number of carbonyl (C=O) groups excluding carboxylic acids is 7. The molecule has 7 N–H and O–H groups in total. The lowest BCUT2D eigenvalue weighted by atomic mass is 9.96. The van der Waals surface area contributed by atoms with Crippen LogP contribution in [0.4, 0.5) is 10.5 Å². The average Bonchev–Trinajstić information content (AvgIpc) is 3.64. The van der Waals surface area contributed by atoms with Gasteiger partial charge in [-0.15, -0.1) is 11.6 Å². The number of amides is 7. The number of nitrogens with two attached hydrogens (primary N) is 1. The van der Waals surface area contributed by atoms with Gasteiger partial charge < -0.3 is 42.0 Å². The van der Waals surface area contributed by atoms with Crippen molar-refractivity contribution in [3.05, 3.63) is 83.9 Å². The number of halogens is 1. The van der Waals surface area contributed by atoms with Crippen LogP contribution in [0.5, 0.6) is 0 Å². The van der Waals surface area contributed by atoms with E-state index in [1.54, 1.807) is 6.07 Å². The van der Waals surface area contributed by atoms with Gasteiger partial charge in [0, 0.05) is 31.6 Å². The SMILES string of the molecule is COC(=O)CC[C@H](NC(=O)CCl)C(=O)N1CCCC[C@H]1C(=O)N[C@@H](CC1=CCc2ccccc21)C(=O)N[C@@H](CCCNC(N)=O)C(=O)Nc1ccc2ccccc2c1. The van der Waals surface area contributed by atoms with E-state index in [0.29, 0.717) is 31.4 Å². The number of alkyl halides is 1. The number of benzene rings is 3. The van der Waals surface area contributed by atoms with Crippen molar-refractivity contribution in [3.63, 3.8) is 0 Å². The van der Waals surface area contributed by atoms with E-state index in [0.717, 1.165) is 27.5 Å². The number of hydrogen-bond acceptors (Lipinski definition) is 8. The number of carbonyl (C=O) groups is 7. The van der Waals surface area contributed by atoms with E-state index in [1.165, 1.54) is 12.0 Å². The van der Waals surface area contributed by atoms with E-state index in [4.69, 9.17) is 22.1 Å². The number of nitrogens with one attached hydrogen (secondary N) is 5. The molecule has 0 bridgehead atoms. The van der Waals surface area contributed by atoms with Crippen LogP contribution < -0.4 is 32.3 Å². The van der Waals surface area contributed by atoms with Crippen molar-refractivity contribution in [2.24, 2.45) is 5.73 Å². The monoisotopic (exact) mass is 815 g/mol. The molecule has 7 amide bonds. The van der Waals surface area contributed by atoms with Crippen molar-refractivity contribution in [2.75, 3.05) is 31.4 Å². The molecule has 15 nitrogen and oxygen atoms in total. The van der Waals surface area contributed by atoms with Crippen LogP contribution in [0, 0.1) is 0 Å². The first-order chi connectivity index (χ1) is 28.0. The molecule has 1 aliphatic carbocycles. The zero-order valence-electron chi connectivity index (χ0n) is 32.4. The fraction of sp³-hybridized carbons (Fsp3) is 0.405. The molecular formula is C42H50ClN7O8. The number of ether oxygens (including phenoxy) is 1. The minimum Gasteiger partial charge on any atom is -0.469 e. The van der Waals surface area contributed by atoms with Gasteiger partial charge in [-0.25, -0.2) is 4.79 Å². The molecule has 0 aromatic heterocycles. The molecule has 0 unspecified atom stereocenters. The first-order valence-electron chi connectivity index (χ1n) is 19.4. The first-order valence-corrected chi connectivity index (χ1v) is 19.9. The second kappa shape index (κ2) is 21.0. The second-order valence-electron chi connectivity index (χ2n) is 14.3. The number of allylic oxidation sites excluding steroid dienone is 1. The minimum atomic E-state index is -1.17. The Balaban J connectivity index is 1.39. The molecule has 0 radical (unpaired) electrons. The van der Waals surface area contributed by atoms with E-state index >= 15 is 0 Å². The van der Waals surface area contributed by atoms with Crippen molar-refractivity contribution >= 4 is 75.2 Å². The summed E-state index contributed by atoms with van der Waals surface area (Å²) >= 11 is 5.73. The number of rotatable bonds is 18. The van der Waals surface area contributed by atoms with Gasteiger partial charge >= 0.3 is 12.0 Å². The topological polar surface area (TPSA) is 218 Å². The molecule has 0 saturated carbocycles. The first kappa shape index (κ1) is 43.2. The summed E-state index contributed by atoms with van der Waals surface area (Å²) in [6.07, 6.45) is 4.42. The molecule has 5 rings (SSSR count).